The molecule has 7 nitrogen and oxygen atoms in total. The first-order chi connectivity index (χ1) is 11.7. The van der Waals surface area contributed by atoms with Crippen LogP contribution in [0, 0.1) is 6.92 Å². The van der Waals surface area contributed by atoms with Crippen LogP contribution in [0.2, 0.25) is 0 Å². The summed E-state index contributed by atoms with van der Waals surface area (Å²) in [7, 11) is 1.57. The molecule has 1 N–H and O–H groups in total. The quantitative estimate of drug-likeness (QED) is 0.875. The average Bonchev–Trinajstić information content (AvgIpc) is 3.22. The molecule has 1 unspecified atom stereocenters. The molecule has 0 spiro atoms. The van der Waals surface area contributed by atoms with Crippen LogP contribution in [0.4, 0.5) is 5.82 Å². The molecule has 2 aromatic heterocycles. The number of ether oxygens (including phenoxy) is 1. The maximum Gasteiger partial charge on any atom is 0.276 e. The van der Waals surface area contributed by atoms with Crippen LogP contribution in [0.3, 0.4) is 0 Å². The third kappa shape index (κ3) is 3.73. The smallest absolute Gasteiger partial charge is 0.276 e. The molecular weight excluding hydrogens is 308 g/mol. The van der Waals surface area contributed by atoms with Crippen LogP contribution in [0.25, 0.3) is 0 Å². The van der Waals surface area contributed by atoms with Crippen molar-refractivity contribution >= 4 is 11.7 Å². The second kappa shape index (κ2) is 7.44. The van der Waals surface area contributed by atoms with Gasteiger partial charge in [-0.15, -0.1) is 0 Å². The normalized spacial score (nSPS) is 17.2. The van der Waals surface area contributed by atoms with Gasteiger partial charge >= 0.3 is 0 Å². The molecule has 1 fully saturated rings. The number of methoxy groups -OCH3 is 1. The SMILES string of the molecule is COCc1cc(C(=O)N2CCCC2CNc2cccc(C)n2)no1. The van der Waals surface area contributed by atoms with Gasteiger partial charge in [0.2, 0.25) is 0 Å². The van der Waals surface area contributed by atoms with Crippen molar-refractivity contribution in [3.05, 3.63) is 41.4 Å². The number of nitrogens with zero attached hydrogens (tertiary/aromatic N) is 3. The van der Waals surface area contributed by atoms with Crippen molar-refractivity contribution in [1.29, 1.82) is 0 Å². The van der Waals surface area contributed by atoms with E-state index in [-0.39, 0.29) is 11.9 Å². The van der Waals surface area contributed by atoms with E-state index in [4.69, 9.17) is 9.26 Å². The topological polar surface area (TPSA) is 80.5 Å². The number of rotatable bonds is 6. The molecule has 7 heteroatoms. The van der Waals surface area contributed by atoms with E-state index in [9.17, 15) is 4.79 Å². The van der Waals surface area contributed by atoms with E-state index in [1.54, 1.807) is 13.2 Å². The summed E-state index contributed by atoms with van der Waals surface area (Å²) in [5.41, 5.74) is 1.30. The number of hydrogen-bond acceptors (Lipinski definition) is 6. The van der Waals surface area contributed by atoms with E-state index in [1.807, 2.05) is 30.0 Å². The van der Waals surface area contributed by atoms with Gasteiger partial charge in [-0.25, -0.2) is 4.98 Å². The molecule has 3 rings (SSSR count). The second-order valence-electron chi connectivity index (χ2n) is 5.95. The van der Waals surface area contributed by atoms with Gasteiger partial charge < -0.3 is 19.5 Å². The van der Waals surface area contributed by atoms with Crippen LogP contribution in [0.15, 0.2) is 28.8 Å². The van der Waals surface area contributed by atoms with Crippen molar-refractivity contribution in [3.8, 4) is 0 Å². The molecule has 0 aromatic carbocycles. The van der Waals surface area contributed by atoms with E-state index in [0.29, 0.717) is 24.6 Å². The number of aryl methyl sites for hydroxylation is 1. The molecule has 24 heavy (non-hydrogen) atoms. The van der Waals surface area contributed by atoms with Crippen LogP contribution < -0.4 is 5.32 Å². The van der Waals surface area contributed by atoms with Gasteiger partial charge in [0.05, 0.1) is 0 Å². The van der Waals surface area contributed by atoms with Crippen molar-refractivity contribution in [2.75, 3.05) is 25.5 Å². The van der Waals surface area contributed by atoms with Gasteiger partial charge in [-0.1, -0.05) is 11.2 Å². The third-order valence-electron chi connectivity index (χ3n) is 4.11. The lowest BCUT2D eigenvalue weighted by Crippen LogP contribution is -2.39. The summed E-state index contributed by atoms with van der Waals surface area (Å²) in [5, 5.41) is 7.19. The molecule has 1 saturated heterocycles. The molecular formula is C17H22N4O3. The van der Waals surface area contributed by atoms with Crippen LogP contribution in [0.5, 0.6) is 0 Å². The minimum Gasteiger partial charge on any atom is -0.377 e. The van der Waals surface area contributed by atoms with Crippen molar-refractivity contribution in [2.24, 2.45) is 0 Å². The van der Waals surface area contributed by atoms with Crippen LogP contribution >= 0.6 is 0 Å². The van der Waals surface area contributed by atoms with Gasteiger partial charge in [-0.2, -0.15) is 0 Å². The molecule has 0 radical (unpaired) electrons. The lowest BCUT2D eigenvalue weighted by atomic mass is 10.2. The number of pyridine rings is 1. The molecule has 1 aliphatic heterocycles. The zero-order valence-corrected chi connectivity index (χ0v) is 14.0. The molecule has 128 valence electrons. The Morgan fingerprint density at radius 2 is 2.38 bits per heavy atom. The highest BCUT2D eigenvalue weighted by Crippen LogP contribution is 2.21. The zero-order chi connectivity index (χ0) is 16.9. The van der Waals surface area contributed by atoms with E-state index >= 15 is 0 Å². The first-order valence-electron chi connectivity index (χ1n) is 8.10. The van der Waals surface area contributed by atoms with Crippen LogP contribution in [-0.2, 0) is 11.3 Å². The number of amides is 1. The van der Waals surface area contributed by atoms with Crippen molar-refractivity contribution in [2.45, 2.75) is 32.4 Å². The molecule has 2 aromatic rings. The summed E-state index contributed by atoms with van der Waals surface area (Å²) >= 11 is 0. The first kappa shape index (κ1) is 16.4. The van der Waals surface area contributed by atoms with Crippen LogP contribution in [-0.4, -0.2) is 47.2 Å². The summed E-state index contributed by atoms with van der Waals surface area (Å²) in [6, 6.07) is 7.63. The minimum absolute atomic E-state index is 0.0948. The fourth-order valence-electron chi connectivity index (χ4n) is 2.95. The summed E-state index contributed by atoms with van der Waals surface area (Å²) in [6.45, 7) is 3.67. The van der Waals surface area contributed by atoms with Crippen molar-refractivity contribution in [1.82, 2.24) is 15.0 Å². The number of aromatic nitrogens is 2. The van der Waals surface area contributed by atoms with Gasteiger partial charge in [0.15, 0.2) is 11.5 Å². The molecule has 1 amide bonds. The highest BCUT2D eigenvalue weighted by molar-refractivity contribution is 5.92. The van der Waals surface area contributed by atoms with Gasteiger partial charge in [0.1, 0.15) is 12.4 Å². The predicted molar refractivity (Wildman–Crippen MR) is 88.7 cm³/mol. The fourth-order valence-corrected chi connectivity index (χ4v) is 2.95. The minimum atomic E-state index is -0.0948. The Morgan fingerprint density at radius 3 is 3.17 bits per heavy atom. The fraction of sp³-hybridized carbons (Fsp3) is 0.471. The number of nitrogens with one attached hydrogen (secondary N) is 1. The summed E-state index contributed by atoms with van der Waals surface area (Å²) in [5.74, 6) is 1.29. The third-order valence-corrected chi connectivity index (χ3v) is 4.11. The zero-order valence-electron chi connectivity index (χ0n) is 14.0. The Bertz CT molecular complexity index is 701. The molecule has 1 aliphatic rings. The Kier molecular flexibility index (Phi) is 5.10. The predicted octanol–water partition coefficient (Wildman–Crippen LogP) is 2.24. The van der Waals surface area contributed by atoms with Gasteiger partial charge in [-0.05, 0) is 31.9 Å². The first-order valence-corrected chi connectivity index (χ1v) is 8.10. The number of carbonyl (C=O) groups excluding carboxylic acids is 1. The monoisotopic (exact) mass is 330 g/mol. The number of carbonyl (C=O) groups is 1. The highest BCUT2D eigenvalue weighted by atomic mass is 16.5. The molecule has 0 saturated carbocycles. The number of likely N-dealkylation sites (tertiary alicyclic amines) is 1. The molecule has 0 aliphatic carbocycles. The largest absolute Gasteiger partial charge is 0.377 e. The van der Waals surface area contributed by atoms with E-state index in [2.05, 4.69) is 15.5 Å². The molecule has 0 bridgehead atoms. The average molecular weight is 330 g/mol. The van der Waals surface area contributed by atoms with E-state index < -0.39 is 0 Å². The number of anilines is 1. The maximum absolute atomic E-state index is 12.7. The Morgan fingerprint density at radius 1 is 1.50 bits per heavy atom. The van der Waals surface area contributed by atoms with Crippen molar-refractivity contribution in [3.63, 3.8) is 0 Å². The van der Waals surface area contributed by atoms with E-state index in [1.165, 1.54) is 0 Å². The Balaban J connectivity index is 1.62. The maximum atomic E-state index is 12.7. The summed E-state index contributed by atoms with van der Waals surface area (Å²) in [4.78, 5) is 18.9. The lowest BCUT2D eigenvalue weighted by Gasteiger charge is -2.24. The lowest BCUT2D eigenvalue weighted by molar-refractivity contribution is 0.0732. The van der Waals surface area contributed by atoms with E-state index in [0.717, 1.165) is 30.9 Å². The Labute approximate surface area is 141 Å². The van der Waals surface area contributed by atoms with Gasteiger partial charge in [0.25, 0.3) is 5.91 Å². The highest BCUT2D eigenvalue weighted by Gasteiger charge is 2.31. The second-order valence-corrected chi connectivity index (χ2v) is 5.95. The van der Waals surface area contributed by atoms with Gasteiger partial charge in [0, 0.05) is 38.0 Å². The molecule has 1 atom stereocenters. The number of hydrogen-bond donors (Lipinski definition) is 1. The molecule has 3 heterocycles. The Hall–Kier alpha value is -2.41. The summed E-state index contributed by atoms with van der Waals surface area (Å²) < 4.78 is 10.1. The van der Waals surface area contributed by atoms with Crippen molar-refractivity contribution < 1.29 is 14.1 Å². The van der Waals surface area contributed by atoms with Gasteiger partial charge in [-0.3, -0.25) is 4.79 Å². The van der Waals surface area contributed by atoms with Crippen LogP contribution in [0.1, 0.15) is 34.8 Å². The standard InChI is InChI=1S/C17H22N4O3/c1-12-5-3-7-16(19-12)18-10-13-6-4-8-21(13)17(22)15-9-14(11-23-2)24-20-15/h3,5,7,9,13H,4,6,8,10-11H2,1-2H3,(H,18,19). The summed E-state index contributed by atoms with van der Waals surface area (Å²) in [6.07, 6.45) is 1.95.